The summed E-state index contributed by atoms with van der Waals surface area (Å²) in [6.07, 6.45) is 1.04. The third-order valence-electron chi connectivity index (χ3n) is 2.73. The summed E-state index contributed by atoms with van der Waals surface area (Å²) in [6, 6.07) is 7.81. The molecule has 5 nitrogen and oxygen atoms in total. The van der Waals surface area contributed by atoms with Crippen LogP contribution in [0.2, 0.25) is 0 Å². The minimum atomic E-state index is -3.53. The van der Waals surface area contributed by atoms with Crippen LogP contribution in [-0.2, 0) is 24.8 Å². The zero-order valence-corrected chi connectivity index (χ0v) is 11.8. The molecule has 0 saturated heterocycles. The van der Waals surface area contributed by atoms with Gasteiger partial charge in [-0.05, 0) is 19.9 Å². The molecule has 0 amide bonds. The fraction of sp³-hybridized carbons (Fsp3) is 0.385. The fourth-order valence-electron chi connectivity index (χ4n) is 1.69. The Morgan fingerprint density at radius 1 is 1.42 bits per heavy atom. The maximum absolute atomic E-state index is 11.9. The number of benzene rings is 1. The van der Waals surface area contributed by atoms with Crippen LogP contribution >= 0.6 is 0 Å². The number of rotatable bonds is 4. The molecule has 19 heavy (non-hydrogen) atoms. The first-order valence-corrected chi connectivity index (χ1v) is 7.54. The minimum Gasteiger partial charge on any atom is -0.465 e. The molecule has 1 rings (SSSR count). The summed E-state index contributed by atoms with van der Waals surface area (Å²) in [5, 5.41) is 9.28. The Kier molecular flexibility index (Phi) is 4.32. The highest BCUT2D eigenvalue weighted by atomic mass is 32.2. The highest BCUT2D eigenvalue weighted by Crippen LogP contribution is 2.30. The van der Waals surface area contributed by atoms with E-state index in [1.54, 1.807) is 19.1 Å². The summed E-state index contributed by atoms with van der Waals surface area (Å²) in [4.78, 5) is 11.9. The Bertz CT molecular complexity index is 630. The first kappa shape index (κ1) is 15.2. The van der Waals surface area contributed by atoms with E-state index in [2.05, 4.69) is 0 Å². The van der Waals surface area contributed by atoms with Crippen LogP contribution in [0.25, 0.3) is 0 Å². The highest BCUT2D eigenvalue weighted by Gasteiger charge is 2.40. The molecule has 0 aliphatic carbocycles. The number of ether oxygens (including phenoxy) is 1. The minimum absolute atomic E-state index is 0.0351. The number of carbonyl (C=O) groups excluding carboxylic acids is 1. The van der Waals surface area contributed by atoms with Crippen LogP contribution in [0.3, 0.4) is 0 Å². The van der Waals surface area contributed by atoms with Gasteiger partial charge in [0.05, 0.1) is 17.6 Å². The van der Waals surface area contributed by atoms with Crippen molar-refractivity contribution in [3.8, 4) is 6.07 Å². The average Bonchev–Trinajstić information content (AvgIpc) is 2.37. The van der Waals surface area contributed by atoms with Crippen LogP contribution < -0.4 is 0 Å². The summed E-state index contributed by atoms with van der Waals surface area (Å²) < 4.78 is 28.3. The molecule has 0 aliphatic rings. The number of hydrogen-bond acceptors (Lipinski definition) is 5. The van der Waals surface area contributed by atoms with E-state index in [0.29, 0.717) is 0 Å². The molecule has 1 atom stereocenters. The molecular weight excluding hydrogens is 266 g/mol. The lowest BCUT2D eigenvalue weighted by Crippen LogP contribution is -2.34. The third kappa shape index (κ3) is 2.93. The van der Waals surface area contributed by atoms with Crippen molar-refractivity contribution in [2.24, 2.45) is 0 Å². The lowest BCUT2D eigenvalue weighted by molar-refractivity contribution is -0.147. The van der Waals surface area contributed by atoms with Gasteiger partial charge in [-0.1, -0.05) is 18.2 Å². The monoisotopic (exact) mass is 281 g/mol. The van der Waals surface area contributed by atoms with Gasteiger partial charge in [-0.3, -0.25) is 0 Å². The Hall–Kier alpha value is -1.87. The Morgan fingerprint density at radius 3 is 2.47 bits per heavy atom. The standard InChI is InChI=1S/C13H15NO4S/c1-4-18-12(15)13(2,9-14)10-7-5-6-8-11(10)19(3,16)17/h5-8H,4H2,1-3H3. The SMILES string of the molecule is CCOC(=O)C(C)(C#N)c1ccccc1S(C)(=O)=O. The topological polar surface area (TPSA) is 84.2 Å². The van der Waals surface area contributed by atoms with E-state index in [1.807, 2.05) is 6.07 Å². The Labute approximate surface area is 112 Å². The van der Waals surface area contributed by atoms with Gasteiger partial charge in [0.25, 0.3) is 0 Å². The van der Waals surface area contributed by atoms with Gasteiger partial charge in [0.1, 0.15) is 0 Å². The fourth-order valence-corrected chi connectivity index (χ4v) is 2.69. The van der Waals surface area contributed by atoms with Crippen LogP contribution in [0.4, 0.5) is 0 Å². The first-order valence-electron chi connectivity index (χ1n) is 5.65. The van der Waals surface area contributed by atoms with Crippen LogP contribution in [0.1, 0.15) is 19.4 Å². The molecule has 0 spiro atoms. The highest BCUT2D eigenvalue weighted by molar-refractivity contribution is 7.90. The van der Waals surface area contributed by atoms with Crippen molar-refractivity contribution in [3.63, 3.8) is 0 Å². The molecule has 1 aromatic rings. The number of hydrogen-bond donors (Lipinski definition) is 0. The van der Waals surface area contributed by atoms with Gasteiger partial charge in [-0.25, -0.2) is 13.2 Å². The normalized spacial score (nSPS) is 14.2. The smallest absolute Gasteiger partial charge is 0.330 e. The van der Waals surface area contributed by atoms with Crippen molar-refractivity contribution in [1.82, 2.24) is 0 Å². The summed E-state index contributed by atoms with van der Waals surface area (Å²) in [7, 11) is -3.53. The molecule has 0 saturated carbocycles. The molecule has 0 aromatic heterocycles. The van der Waals surface area contributed by atoms with Crippen LogP contribution in [0.15, 0.2) is 29.2 Å². The van der Waals surface area contributed by atoms with Gasteiger partial charge in [-0.15, -0.1) is 0 Å². The van der Waals surface area contributed by atoms with E-state index in [-0.39, 0.29) is 17.1 Å². The summed E-state index contributed by atoms with van der Waals surface area (Å²) >= 11 is 0. The molecule has 0 N–H and O–H groups in total. The second-order valence-corrected chi connectivity index (χ2v) is 6.21. The average molecular weight is 281 g/mol. The van der Waals surface area contributed by atoms with Gasteiger partial charge < -0.3 is 4.74 Å². The van der Waals surface area contributed by atoms with E-state index in [0.717, 1.165) is 6.26 Å². The lowest BCUT2D eigenvalue weighted by Gasteiger charge is -2.22. The summed E-state index contributed by atoms with van der Waals surface area (Å²) in [5.41, 5.74) is -1.51. The Balaban J connectivity index is 3.52. The van der Waals surface area contributed by atoms with Crippen molar-refractivity contribution in [3.05, 3.63) is 29.8 Å². The van der Waals surface area contributed by atoms with Crippen LogP contribution in [0, 0.1) is 11.3 Å². The second kappa shape index (κ2) is 5.41. The number of nitrogens with zero attached hydrogens (tertiary/aromatic N) is 1. The van der Waals surface area contributed by atoms with Gasteiger partial charge in [-0.2, -0.15) is 5.26 Å². The molecule has 0 heterocycles. The zero-order chi connectivity index (χ0) is 14.7. The van der Waals surface area contributed by atoms with E-state index < -0.39 is 21.2 Å². The molecule has 1 unspecified atom stereocenters. The number of nitriles is 1. The molecule has 0 radical (unpaired) electrons. The molecule has 6 heteroatoms. The number of sulfone groups is 1. The van der Waals surface area contributed by atoms with Crippen molar-refractivity contribution < 1.29 is 17.9 Å². The van der Waals surface area contributed by atoms with Crippen molar-refractivity contribution in [1.29, 1.82) is 5.26 Å². The molecular formula is C13H15NO4S. The van der Waals surface area contributed by atoms with E-state index in [9.17, 15) is 18.5 Å². The van der Waals surface area contributed by atoms with Gasteiger partial charge in [0, 0.05) is 11.8 Å². The number of esters is 1. The van der Waals surface area contributed by atoms with Crippen molar-refractivity contribution >= 4 is 15.8 Å². The maximum atomic E-state index is 11.9. The van der Waals surface area contributed by atoms with Gasteiger partial charge >= 0.3 is 5.97 Å². The van der Waals surface area contributed by atoms with Crippen LogP contribution in [0.5, 0.6) is 0 Å². The van der Waals surface area contributed by atoms with Gasteiger partial charge in [0.2, 0.25) is 0 Å². The summed E-state index contributed by atoms with van der Waals surface area (Å²) in [6.45, 7) is 3.10. The quantitative estimate of drug-likeness (QED) is 0.779. The van der Waals surface area contributed by atoms with E-state index >= 15 is 0 Å². The van der Waals surface area contributed by atoms with Crippen LogP contribution in [-0.4, -0.2) is 27.2 Å². The zero-order valence-electron chi connectivity index (χ0n) is 11.0. The predicted molar refractivity (Wildman–Crippen MR) is 69.1 cm³/mol. The molecule has 0 aliphatic heterocycles. The summed E-state index contributed by atoms with van der Waals surface area (Å²) in [5.74, 6) is -0.756. The molecule has 102 valence electrons. The molecule has 0 fully saturated rings. The third-order valence-corrected chi connectivity index (χ3v) is 3.89. The second-order valence-electron chi connectivity index (χ2n) is 4.23. The van der Waals surface area contributed by atoms with Gasteiger partial charge in [0.15, 0.2) is 15.3 Å². The maximum Gasteiger partial charge on any atom is 0.330 e. The van der Waals surface area contributed by atoms with Crippen molar-refractivity contribution in [2.45, 2.75) is 24.2 Å². The van der Waals surface area contributed by atoms with E-state index in [4.69, 9.17) is 4.74 Å². The molecule has 0 bridgehead atoms. The number of carbonyl (C=O) groups is 1. The molecule has 1 aromatic carbocycles. The van der Waals surface area contributed by atoms with Crippen molar-refractivity contribution in [2.75, 3.05) is 12.9 Å². The lowest BCUT2D eigenvalue weighted by atomic mass is 9.84. The first-order chi connectivity index (χ1) is 8.77. The Morgan fingerprint density at radius 2 is 2.00 bits per heavy atom. The van der Waals surface area contributed by atoms with E-state index in [1.165, 1.54) is 19.1 Å². The largest absolute Gasteiger partial charge is 0.465 e. The predicted octanol–water partition coefficient (Wildman–Crippen LogP) is 1.43.